The van der Waals surface area contributed by atoms with Crippen molar-refractivity contribution in [2.24, 2.45) is 0 Å². The van der Waals surface area contributed by atoms with Gasteiger partial charge >= 0.3 is 0 Å². The van der Waals surface area contributed by atoms with Gasteiger partial charge in [-0.15, -0.1) is 0 Å². The van der Waals surface area contributed by atoms with Gasteiger partial charge in [-0.2, -0.15) is 0 Å². The molecule has 0 saturated heterocycles. The molecule has 0 aliphatic carbocycles. The summed E-state index contributed by atoms with van der Waals surface area (Å²) in [6, 6.07) is 15.9. The number of carbonyl (C=O) groups excluding carboxylic acids is 1. The number of furan rings is 1. The maximum absolute atomic E-state index is 13.4. The Bertz CT molecular complexity index is 1080. The molecule has 9 heteroatoms. The highest BCUT2D eigenvalue weighted by Gasteiger charge is 2.29. The van der Waals surface area contributed by atoms with Crippen molar-refractivity contribution in [2.75, 3.05) is 17.5 Å². The van der Waals surface area contributed by atoms with E-state index >= 15 is 0 Å². The fourth-order valence-electron chi connectivity index (χ4n) is 2.76. The summed E-state index contributed by atoms with van der Waals surface area (Å²) in [7, 11) is -4.07. The Morgan fingerprint density at radius 2 is 1.83 bits per heavy atom. The van der Waals surface area contributed by atoms with Gasteiger partial charge in [0.15, 0.2) is 0 Å². The van der Waals surface area contributed by atoms with Gasteiger partial charge in [-0.05, 0) is 55.5 Å². The molecule has 1 heterocycles. The molecule has 2 aromatic carbocycles. The van der Waals surface area contributed by atoms with Gasteiger partial charge in [0.1, 0.15) is 18.1 Å². The van der Waals surface area contributed by atoms with Crippen LogP contribution in [0.1, 0.15) is 12.7 Å². The van der Waals surface area contributed by atoms with Crippen LogP contribution in [0.15, 0.2) is 76.2 Å². The van der Waals surface area contributed by atoms with Crippen LogP contribution >= 0.6 is 11.6 Å². The van der Waals surface area contributed by atoms with E-state index in [0.29, 0.717) is 23.1 Å². The van der Waals surface area contributed by atoms with Crippen LogP contribution in [0, 0.1) is 0 Å². The van der Waals surface area contributed by atoms with Crippen molar-refractivity contribution < 1.29 is 22.4 Å². The molecule has 1 N–H and O–H groups in total. The molecule has 0 fully saturated rings. The van der Waals surface area contributed by atoms with Crippen LogP contribution in [0.2, 0.25) is 5.02 Å². The summed E-state index contributed by atoms with van der Waals surface area (Å²) < 4.78 is 38.6. The average Bonchev–Trinajstić information content (AvgIpc) is 3.25. The Balaban J connectivity index is 1.94. The van der Waals surface area contributed by atoms with E-state index in [1.54, 1.807) is 43.3 Å². The molecule has 0 unspecified atom stereocenters. The number of sulfonamides is 1. The molecule has 158 valence electrons. The van der Waals surface area contributed by atoms with Crippen LogP contribution in [-0.2, 0) is 21.4 Å². The lowest BCUT2D eigenvalue weighted by atomic mass is 10.3. The minimum absolute atomic E-state index is 0.0111. The first kappa shape index (κ1) is 21.7. The van der Waals surface area contributed by atoms with Crippen LogP contribution in [-0.4, -0.2) is 27.5 Å². The third-order valence-electron chi connectivity index (χ3n) is 4.16. The summed E-state index contributed by atoms with van der Waals surface area (Å²) >= 11 is 5.90. The quantitative estimate of drug-likeness (QED) is 0.537. The highest BCUT2D eigenvalue weighted by Crippen LogP contribution is 2.32. The zero-order valence-electron chi connectivity index (χ0n) is 16.2. The number of halogens is 1. The van der Waals surface area contributed by atoms with Gasteiger partial charge in [-0.1, -0.05) is 23.7 Å². The number of para-hydroxylation sites is 2. The Morgan fingerprint density at radius 3 is 2.50 bits per heavy atom. The van der Waals surface area contributed by atoms with E-state index in [0.717, 1.165) is 4.31 Å². The number of hydrogen-bond acceptors (Lipinski definition) is 5. The van der Waals surface area contributed by atoms with Crippen LogP contribution in [0.3, 0.4) is 0 Å². The molecule has 30 heavy (non-hydrogen) atoms. The summed E-state index contributed by atoms with van der Waals surface area (Å²) in [6.07, 6.45) is 1.50. The van der Waals surface area contributed by atoms with Gasteiger partial charge in [0.25, 0.3) is 10.0 Å². The lowest BCUT2D eigenvalue weighted by Crippen LogP contribution is -2.40. The number of anilines is 1. The summed E-state index contributed by atoms with van der Waals surface area (Å²) in [5.41, 5.74) is 0.266. The van der Waals surface area contributed by atoms with Gasteiger partial charge in [-0.25, -0.2) is 8.42 Å². The van der Waals surface area contributed by atoms with Crippen molar-refractivity contribution in [3.8, 4) is 5.75 Å². The third kappa shape index (κ3) is 5.14. The van der Waals surface area contributed by atoms with E-state index in [1.165, 1.54) is 30.5 Å². The maximum Gasteiger partial charge on any atom is 0.264 e. The SMILES string of the molecule is CCOc1ccccc1N(CC(=O)NCc1ccco1)S(=O)(=O)c1ccc(Cl)cc1. The summed E-state index contributed by atoms with van der Waals surface area (Å²) in [4.78, 5) is 12.6. The van der Waals surface area contributed by atoms with E-state index in [1.807, 2.05) is 0 Å². The monoisotopic (exact) mass is 448 g/mol. The number of carbonyl (C=O) groups is 1. The van der Waals surface area contributed by atoms with Gasteiger partial charge in [0.2, 0.25) is 5.91 Å². The number of nitrogens with zero attached hydrogens (tertiary/aromatic N) is 1. The zero-order valence-corrected chi connectivity index (χ0v) is 17.8. The maximum atomic E-state index is 13.4. The predicted molar refractivity (Wildman–Crippen MR) is 114 cm³/mol. The molecule has 7 nitrogen and oxygen atoms in total. The minimum atomic E-state index is -4.07. The smallest absolute Gasteiger partial charge is 0.264 e. The second-order valence-corrected chi connectivity index (χ2v) is 8.52. The van der Waals surface area contributed by atoms with Crippen molar-refractivity contribution >= 4 is 33.2 Å². The average molecular weight is 449 g/mol. The molecule has 0 radical (unpaired) electrons. The normalized spacial score (nSPS) is 11.1. The Morgan fingerprint density at radius 1 is 1.10 bits per heavy atom. The van der Waals surface area contributed by atoms with Crippen molar-refractivity contribution in [1.29, 1.82) is 0 Å². The molecule has 1 aromatic heterocycles. The molecule has 0 aliphatic rings. The van der Waals surface area contributed by atoms with Crippen molar-refractivity contribution in [3.05, 3.63) is 77.7 Å². The fraction of sp³-hybridized carbons (Fsp3) is 0.190. The number of hydrogen-bond donors (Lipinski definition) is 1. The fourth-order valence-corrected chi connectivity index (χ4v) is 4.32. The minimum Gasteiger partial charge on any atom is -0.492 e. The van der Waals surface area contributed by atoms with E-state index < -0.39 is 22.5 Å². The standard InChI is InChI=1S/C21H21ClN2O5S/c1-2-28-20-8-4-3-7-19(20)24(15-21(25)23-14-17-6-5-13-29-17)30(26,27)18-11-9-16(22)10-12-18/h3-13H,2,14-15H2,1H3,(H,23,25). The first-order chi connectivity index (χ1) is 14.4. The molecule has 0 bridgehead atoms. The molecule has 0 aliphatic heterocycles. The van der Waals surface area contributed by atoms with Gasteiger partial charge in [0.05, 0.1) is 30.0 Å². The second kappa shape index (κ2) is 9.69. The number of amides is 1. The molecule has 0 saturated carbocycles. The summed E-state index contributed by atoms with van der Waals surface area (Å²) in [5.74, 6) is 0.428. The first-order valence-corrected chi connectivity index (χ1v) is 11.0. The topological polar surface area (TPSA) is 88.8 Å². The van der Waals surface area contributed by atoms with Crippen LogP contribution in [0.5, 0.6) is 5.75 Å². The van der Waals surface area contributed by atoms with Gasteiger partial charge < -0.3 is 14.5 Å². The zero-order chi connectivity index (χ0) is 21.6. The molecule has 3 rings (SSSR count). The second-order valence-electron chi connectivity index (χ2n) is 6.22. The highest BCUT2D eigenvalue weighted by molar-refractivity contribution is 7.92. The molecular weight excluding hydrogens is 428 g/mol. The Hall–Kier alpha value is -2.97. The predicted octanol–water partition coefficient (Wildman–Crippen LogP) is 3.84. The molecule has 1 amide bonds. The van der Waals surface area contributed by atoms with E-state index in [2.05, 4.69) is 5.32 Å². The highest BCUT2D eigenvalue weighted by atomic mass is 35.5. The van der Waals surface area contributed by atoms with Gasteiger partial charge in [0, 0.05) is 5.02 Å². The van der Waals surface area contributed by atoms with E-state index in [4.69, 9.17) is 20.8 Å². The van der Waals surface area contributed by atoms with Crippen molar-refractivity contribution in [2.45, 2.75) is 18.4 Å². The molecular formula is C21H21ClN2O5S. The first-order valence-electron chi connectivity index (χ1n) is 9.21. The van der Waals surface area contributed by atoms with Crippen LogP contribution in [0.4, 0.5) is 5.69 Å². The number of nitrogens with one attached hydrogen (secondary N) is 1. The van der Waals surface area contributed by atoms with Crippen LogP contribution < -0.4 is 14.4 Å². The van der Waals surface area contributed by atoms with E-state index in [9.17, 15) is 13.2 Å². The Labute approximate surface area is 180 Å². The molecule has 3 aromatic rings. The van der Waals surface area contributed by atoms with Gasteiger partial charge in [-0.3, -0.25) is 9.10 Å². The molecule has 0 spiro atoms. The summed E-state index contributed by atoms with van der Waals surface area (Å²) in [6.45, 7) is 1.85. The lowest BCUT2D eigenvalue weighted by molar-refractivity contribution is -0.119. The third-order valence-corrected chi connectivity index (χ3v) is 6.19. The summed E-state index contributed by atoms with van der Waals surface area (Å²) in [5, 5.41) is 3.08. The van der Waals surface area contributed by atoms with Crippen LogP contribution in [0.25, 0.3) is 0 Å². The Kier molecular flexibility index (Phi) is 7.02. The largest absolute Gasteiger partial charge is 0.492 e. The number of rotatable bonds is 9. The number of ether oxygens (including phenoxy) is 1. The molecule has 0 atom stereocenters. The van der Waals surface area contributed by atoms with Crippen molar-refractivity contribution in [3.63, 3.8) is 0 Å². The lowest BCUT2D eigenvalue weighted by Gasteiger charge is -2.26. The number of benzene rings is 2. The van der Waals surface area contributed by atoms with E-state index in [-0.39, 0.29) is 17.1 Å². The van der Waals surface area contributed by atoms with Crippen molar-refractivity contribution in [1.82, 2.24) is 5.32 Å².